The van der Waals surface area contributed by atoms with Gasteiger partial charge in [-0.1, -0.05) is 0 Å². The van der Waals surface area contributed by atoms with Crippen LogP contribution >= 0.6 is 11.3 Å². The highest BCUT2D eigenvalue weighted by Gasteiger charge is 2.01. The quantitative estimate of drug-likeness (QED) is 0.615. The highest BCUT2D eigenvalue weighted by Crippen LogP contribution is 2.22. The van der Waals surface area contributed by atoms with E-state index in [-0.39, 0.29) is 0 Å². The molecule has 12 heavy (non-hydrogen) atoms. The summed E-state index contributed by atoms with van der Waals surface area (Å²) < 4.78 is 0. The third-order valence-corrected chi connectivity index (χ3v) is 2.57. The van der Waals surface area contributed by atoms with Gasteiger partial charge in [0.05, 0.1) is 0 Å². The molecule has 0 saturated heterocycles. The number of hydrogen-bond acceptors (Lipinski definition) is 3. The van der Waals surface area contributed by atoms with E-state index in [0.717, 1.165) is 15.8 Å². The number of thiophene rings is 1. The molecule has 0 N–H and O–H groups in total. The van der Waals surface area contributed by atoms with Crippen LogP contribution in [0.2, 0.25) is 0 Å². The van der Waals surface area contributed by atoms with E-state index in [9.17, 15) is 0 Å². The van der Waals surface area contributed by atoms with E-state index in [0.29, 0.717) is 5.69 Å². The van der Waals surface area contributed by atoms with Crippen LogP contribution in [-0.2, 0) is 0 Å². The summed E-state index contributed by atoms with van der Waals surface area (Å²) in [6.45, 7) is 2.00. The lowest BCUT2D eigenvalue weighted by Crippen LogP contribution is -1.83. The number of pyridine rings is 1. The molecule has 0 unspecified atom stereocenters. The molecule has 2 aromatic rings. The highest BCUT2D eigenvalue weighted by molar-refractivity contribution is 7.16. The Morgan fingerprint density at radius 3 is 3.17 bits per heavy atom. The van der Waals surface area contributed by atoms with E-state index < -0.39 is 0 Å². The first kappa shape index (κ1) is 7.26. The minimum Gasteiger partial charge on any atom is -0.226 e. The van der Waals surface area contributed by atoms with E-state index in [1.807, 2.05) is 30.5 Å². The maximum Gasteiger partial charge on any atom is 0.142 e. The number of fused-ring (bicyclic) bond motifs is 1. The molecule has 0 saturated carbocycles. The molecule has 0 bridgehead atoms. The summed E-state index contributed by atoms with van der Waals surface area (Å²) in [4.78, 5) is 5.12. The first-order valence-corrected chi connectivity index (χ1v) is 4.44. The van der Waals surface area contributed by atoms with E-state index in [1.54, 1.807) is 11.3 Å². The minimum atomic E-state index is 0.502. The van der Waals surface area contributed by atoms with Crippen LogP contribution in [0.1, 0.15) is 11.3 Å². The van der Waals surface area contributed by atoms with Gasteiger partial charge in [-0.3, -0.25) is 0 Å². The fourth-order valence-corrected chi connectivity index (χ4v) is 2.01. The van der Waals surface area contributed by atoms with Crippen LogP contribution in [0.25, 0.3) is 10.2 Å². The van der Waals surface area contributed by atoms with Gasteiger partial charge in [0.25, 0.3) is 0 Å². The molecule has 0 amide bonds. The number of rotatable bonds is 0. The molecule has 2 rings (SSSR count). The van der Waals surface area contributed by atoms with E-state index in [4.69, 9.17) is 5.26 Å². The smallest absolute Gasteiger partial charge is 0.142 e. The molecule has 2 nitrogen and oxygen atoms in total. The SMILES string of the molecule is Cc1cc(C#N)nc2sccc12. The standard InChI is InChI=1S/C9H6N2S/c1-6-4-7(5-10)11-9-8(6)2-3-12-9/h2-4H,1H3. The number of aryl methyl sites for hydroxylation is 1. The van der Waals surface area contributed by atoms with Crippen molar-refractivity contribution in [1.82, 2.24) is 4.98 Å². The predicted molar refractivity (Wildman–Crippen MR) is 49.1 cm³/mol. The van der Waals surface area contributed by atoms with Crippen molar-refractivity contribution in [2.24, 2.45) is 0 Å². The van der Waals surface area contributed by atoms with Gasteiger partial charge in [-0.2, -0.15) is 5.26 Å². The lowest BCUT2D eigenvalue weighted by Gasteiger charge is -1.94. The number of nitriles is 1. The van der Waals surface area contributed by atoms with Crippen molar-refractivity contribution in [3.8, 4) is 6.07 Å². The fraction of sp³-hybridized carbons (Fsp3) is 0.111. The third kappa shape index (κ3) is 0.973. The summed E-state index contributed by atoms with van der Waals surface area (Å²) in [6, 6.07) is 5.89. The van der Waals surface area contributed by atoms with Gasteiger partial charge in [-0.25, -0.2) is 4.98 Å². The Hall–Kier alpha value is -1.40. The van der Waals surface area contributed by atoms with Gasteiger partial charge >= 0.3 is 0 Å². The molecule has 0 aliphatic heterocycles. The van der Waals surface area contributed by atoms with Crippen LogP contribution in [-0.4, -0.2) is 4.98 Å². The average molecular weight is 174 g/mol. The predicted octanol–water partition coefficient (Wildman–Crippen LogP) is 2.48. The second-order valence-corrected chi connectivity index (χ2v) is 3.47. The summed E-state index contributed by atoms with van der Waals surface area (Å²) in [6.07, 6.45) is 0. The molecule has 0 aromatic carbocycles. The van der Waals surface area contributed by atoms with E-state index in [2.05, 4.69) is 4.98 Å². The minimum absolute atomic E-state index is 0.502. The van der Waals surface area contributed by atoms with E-state index >= 15 is 0 Å². The number of hydrogen-bond donors (Lipinski definition) is 0. The first-order valence-electron chi connectivity index (χ1n) is 3.56. The first-order chi connectivity index (χ1) is 5.81. The Morgan fingerprint density at radius 2 is 2.42 bits per heavy atom. The van der Waals surface area contributed by atoms with Crippen molar-refractivity contribution in [3.05, 3.63) is 28.8 Å². The molecule has 58 valence electrons. The second kappa shape index (κ2) is 2.58. The van der Waals surface area contributed by atoms with Crippen molar-refractivity contribution in [3.63, 3.8) is 0 Å². The molecule has 0 spiro atoms. The molecular weight excluding hydrogens is 168 g/mol. The van der Waals surface area contributed by atoms with Crippen molar-refractivity contribution in [2.75, 3.05) is 0 Å². The summed E-state index contributed by atoms with van der Waals surface area (Å²) in [5.74, 6) is 0. The molecule has 3 heteroatoms. The summed E-state index contributed by atoms with van der Waals surface area (Å²) in [5.41, 5.74) is 1.63. The van der Waals surface area contributed by atoms with Gasteiger partial charge in [-0.05, 0) is 30.0 Å². The molecule has 0 radical (unpaired) electrons. The highest BCUT2D eigenvalue weighted by atomic mass is 32.1. The zero-order chi connectivity index (χ0) is 8.55. The van der Waals surface area contributed by atoms with Crippen LogP contribution < -0.4 is 0 Å². The van der Waals surface area contributed by atoms with Crippen LogP contribution in [0.15, 0.2) is 17.5 Å². The maximum absolute atomic E-state index is 8.65. The molecule has 0 fully saturated rings. The fourth-order valence-electron chi connectivity index (χ4n) is 1.17. The van der Waals surface area contributed by atoms with Crippen molar-refractivity contribution in [2.45, 2.75) is 6.92 Å². The molecule has 0 atom stereocenters. The zero-order valence-electron chi connectivity index (χ0n) is 6.53. The van der Waals surface area contributed by atoms with Crippen molar-refractivity contribution in [1.29, 1.82) is 5.26 Å². The largest absolute Gasteiger partial charge is 0.226 e. The Morgan fingerprint density at radius 1 is 1.58 bits per heavy atom. The lowest BCUT2D eigenvalue weighted by molar-refractivity contribution is 1.32. The lowest BCUT2D eigenvalue weighted by atomic mass is 10.2. The van der Waals surface area contributed by atoms with Gasteiger partial charge < -0.3 is 0 Å². The second-order valence-electron chi connectivity index (χ2n) is 2.58. The van der Waals surface area contributed by atoms with Gasteiger partial charge in [0, 0.05) is 5.39 Å². The summed E-state index contributed by atoms with van der Waals surface area (Å²) in [7, 11) is 0. The molecule has 2 heterocycles. The number of nitrogens with zero attached hydrogens (tertiary/aromatic N) is 2. The molecule has 2 aromatic heterocycles. The number of aromatic nitrogens is 1. The Labute approximate surface area is 74.1 Å². The van der Waals surface area contributed by atoms with Crippen LogP contribution in [0.4, 0.5) is 0 Å². The van der Waals surface area contributed by atoms with Crippen LogP contribution in [0.3, 0.4) is 0 Å². The Kier molecular flexibility index (Phi) is 1.56. The van der Waals surface area contributed by atoms with Gasteiger partial charge in [0.1, 0.15) is 16.6 Å². The van der Waals surface area contributed by atoms with Crippen molar-refractivity contribution >= 4 is 21.6 Å². The van der Waals surface area contributed by atoms with Crippen molar-refractivity contribution < 1.29 is 0 Å². The summed E-state index contributed by atoms with van der Waals surface area (Å²) >= 11 is 1.57. The average Bonchev–Trinajstić information content (AvgIpc) is 2.52. The summed E-state index contributed by atoms with van der Waals surface area (Å²) in [5, 5.41) is 11.8. The monoisotopic (exact) mass is 174 g/mol. The normalized spacial score (nSPS) is 10.0. The zero-order valence-corrected chi connectivity index (χ0v) is 7.35. The van der Waals surface area contributed by atoms with Gasteiger partial charge in [0.2, 0.25) is 0 Å². The van der Waals surface area contributed by atoms with Gasteiger partial charge in [-0.15, -0.1) is 11.3 Å². The molecular formula is C9H6N2S. The topological polar surface area (TPSA) is 36.7 Å². The maximum atomic E-state index is 8.65. The molecule has 0 aliphatic rings. The van der Waals surface area contributed by atoms with Crippen LogP contribution in [0.5, 0.6) is 0 Å². The Bertz CT molecular complexity index is 465. The Balaban J connectivity index is 2.86. The van der Waals surface area contributed by atoms with E-state index in [1.165, 1.54) is 0 Å². The molecule has 0 aliphatic carbocycles. The van der Waals surface area contributed by atoms with Gasteiger partial charge in [0.15, 0.2) is 0 Å². The third-order valence-electron chi connectivity index (χ3n) is 1.76. The van der Waals surface area contributed by atoms with Crippen LogP contribution in [0, 0.1) is 18.3 Å².